The van der Waals surface area contributed by atoms with E-state index in [2.05, 4.69) is 20.5 Å². The number of amides is 1. The molecule has 0 saturated heterocycles. The molecule has 0 radical (unpaired) electrons. The first-order chi connectivity index (χ1) is 17.5. The highest BCUT2D eigenvalue weighted by Gasteiger charge is 2.13. The smallest absolute Gasteiger partial charge is 0.270 e. The summed E-state index contributed by atoms with van der Waals surface area (Å²) >= 11 is 6.10. The Morgan fingerprint density at radius 3 is 2.69 bits per heavy atom. The van der Waals surface area contributed by atoms with E-state index in [4.69, 9.17) is 11.6 Å². The van der Waals surface area contributed by atoms with Crippen LogP contribution in [0.4, 0.5) is 11.5 Å². The summed E-state index contributed by atoms with van der Waals surface area (Å²) in [5.74, 6) is 0.340. The first-order valence-corrected chi connectivity index (χ1v) is 11.7. The maximum Gasteiger partial charge on any atom is 0.270 e. The third-order valence-corrected chi connectivity index (χ3v) is 6.14. The van der Waals surface area contributed by atoms with Crippen LogP contribution < -0.4 is 15.8 Å². The summed E-state index contributed by atoms with van der Waals surface area (Å²) in [5, 5.41) is 11.6. The molecule has 0 spiro atoms. The zero-order valence-electron chi connectivity index (χ0n) is 19.5. The molecule has 9 heteroatoms. The van der Waals surface area contributed by atoms with Gasteiger partial charge in [0, 0.05) is 35.4 Å². The Bertz CT molecular complexity index is 1590. The van der Waals surface area contributed by atoms with Gasteiger partial charge in [-0.2, -0.15) is 5.10 Å². The molecule has 2 aromatic carbocycles. The van der Waals surface area contributed by atoms with Gasteiger partial charge in [-0.3, -0.25) is 14.7 Å². The number of hydrogen-bond acceptors (Lipinski definition) is 5. The molecule has 3 heterocycles. The van der Waals surface area contributed by atoms with E-state index in [1.165, 1.54) is 0 Å². The zero-order valence-corrected chi connectivity index (χ0v) is 20.2. The van der Waals surface area contributed by atoms with Crippen molar-refractivity contribution in [2.75, 3.05) is 11.9 Å². The summed E-state index contributed by atoms with van der Waals surface area (Å²) in [4.78, 5) is 31.2. The molecule has 5 aromatic rings. The molecule has 0 saturated carbocycles. The zero-order chi connectivity index (χ0) is 25.1. The van der Waals surface area contributed by atoms with Crippen LogP contribution in [0.1, 0.15) is 21.7 Å². The fourth-order valence-corrected chi connectivity index (χ4v) is 4.08. The van der Waals surface area contributed by atoms with Gasteiger partial charge in [-0.1, -0.05) is 35.9 Å². The lowest BCUT2D eigenvalue weighted by Gasteiger charge is -2.19. The van der Waals surface area contributed by atoms with Gasteiger partial charge in [0.25, 0.3) is 11.5 Å². The molecule has 0 aliphatic heterocycles. The quantitative estimate of drug-likeness (QED) is 0.344. The van der Waals surface area contributed by atoms with E-state index < -0.39 is 0 Å². The molecular formula is C27H23ClN6O2. The molecular weight excluding hydrogens is 476 g/mol. The summed E-state index contributed by atoms with van der Waals surface area (Å²) in [6, 6.07) is 23.7. The fraction of sp³-hybridized carbons (Fsp3) is 0.111. The van der Waals surface area contributed by atoms with E-state index >= 15 is 0 Å². The summed E-state index contributed by atoms with van der Waals surface area (Å²) in [5.41, 5.74) is 3.74. The lowest BCUT2D eigenvalue weighted by molar-refractivity contribution is 0.0945. The third kappa shape index (κ3) is 4.99. The number of nitrogens with one attached hydrogen (secondary N) is 2. The number of nitrogens with zero attached hydrogens (tertiary/aromatic N) is 4. The molecule has 0 bridgehead atoms. The molecule has 0 unspecified atom stereocenters. The van der Waals surface area contributed by atoms with Crippen LogP contribution in [0.15, 0.2) is 89.9 Å². The van der Waals surface area contributed by atoms with Crippen LogP contribution in [-0.2, 0) is 13.1 Å². The van der Waals surface area contributed by atoms with Crippen molar-refractivity contribution in [3.8, 4) is 0 Å². The minimum Gasteiger partial charge on any atom is -0.345 e. The average molecular weight is 499 g/mol. The largest absolute Gasteiger partial charge is 0.345 e. The number of pyridine rings is 2. The summed E-state index contributed by atoms with van der Waals surface area (Å²) in [7, 11) is 1.89. The second kappa shape index (κ2) is 10.1. The average Bonchev–Trinajstić information content (AvgIpc) is 3.30. The minimum absolute atomic E-state index is 0.0394. The third-order valence-electron chi connectivity index (χ3n) is 5.91. The highest BCUT2D eigenvalue weighted by Crippen LogP contribution is 2.23. The van der Waals surface area contributed by atoms with Crippen molar-refractivity contribution in [1.29, 1.82) is 0 Å². The molecule has 3 aromatic heterocycles. The van der Waals surface area contributed by atoms with Gasteiger partial charge in [-0.15, -0.1) is 0 Å². The monoisotopic (exact) mass is 498 g/mol. The number of anilines is 2. The summed E-state index contributed by atoms with van der Waals surface area (Å²) in [6.07, 6.45) is 1.77. The van der Waals surface area contributed by atoms with Crippen molar-refractivity contribution in [2.45, 2.75) is 13.1 Å². The van der Waals surface area contributed by atoms with Gasteiger partial charge >= 0.3 is 0 Å². The maximum absolute atomic E-state index is 12.8. The topological polar surface area (TPSA) is 95.9 Å². The van der Waals surface area contributed by atoms with Gasteiger partial charge in [0.2, 0.25) is 0 Å². The number of aromatic nitrogens is 4. The van der Waals surface area contributed by atoms with Gasteiger partial charge in [0.05, 0.1) is 24.3 Å². The number of halogens is 1. The normalized spacial score (nSPS) is 10.9. The number of H-pyrrole nitrogens is 1. The number of carbonyl (C=O) groups excluding carboxylic acids is 1. The van der Waals surface area contributed by atoms with Crippen LogP contribution in [-0.4, -0.2) is 32.7 Å². The maximum atomic E-state index is 12.8. The number of rotatable bonds is 7. The van der Waals surface area contributed by atoms with Crippen molar-refractivity contribution in [1.82, 2.24) is 25.1 Å². The van der Waals surface area contributed by atoms with E-state index in [-0.39, 0.29) is 18.0 Å². The number of fused-ring (bicyclic) bond motifs is 1. The Morgan fingerprint density at radius 1 is 1.06 bits per heavy atom. The molecule has 36 heavy (non-hydrogen) atoms. The number of carbonyl (C=O) groups is 1. The van der Waals surface area contributed by atoms with Crippen molar-refractivity contribution >= 4 is 39.9 Å². The van der Waals surface area contributed by atoms with Crippen molar-refractivity contribution in [3.05, 3.63) is 117 Å². The molecule has 5 rings (SSSR count). The molecule has 0 atom stereocenters. The molecule has 1 amide bonds. The second-order valence-electron chi connectivity index (χ2n) is 8.32. The van der Waals surface area contributed by atoms with E-state index in [9.17, 15) is 9.59 Å². The number of benzene rings is 2. The minimum atomic E-state index is -0.293. The van der Waals surface area contributed by atoms with E-state index in [1.54, 1.807) is 41.1 Å². The molecule has 0 fully saturated rings. The second-order valence-corrected chi connectivity index (χ2v) is 8.76. The Balaban J connectivity index is 1.27. The fourth-order valence-electron chi connectivity index (χ4n) is 3.91. The van der Waals surface area contributed by atoms with Gasteiger partial charge in [0.15, 0.2) is 0 Å². The van der Waals surface area contributed by atoms with Gasteiger partial charge in [-0.05, 0) is 54.1 Å². The van der Waals surface area contributed by atoms with Crippen LogP contribution in [0, 0.1) is 0 Å². The lowest BCUT2D eigenvalue weighted by atomic mass is 10.2. The predicted octanol–water partition coefficient (Wildman–Crippen LogP) is 4.52. The first kappa shape index (κ1) is 23.3. The highest BCUT2D eigenvalue weighted by molar-refractivity contribution is 6.31. The van der Waals surface area contributed by atoms with Crippen LogP contribution in [0.2, 0.25) is 5.02 Å². The van der Waals surface area contributed by atoms with E-state index in [1.807, 2.05) is 60.5 Å². The molecule has 2 N–H and O–H groups in total. The van der Waals surface area contributed by atoms with Crippen molar-refractivity contribution < 1.29 is 4.79 Å². The first-order valence-electron chi connectivity index (χ1n) is 11.3. The van der Waals surface area contributed by atoms with Gasteiger partial charge in [0.1, 0.15) is 11.5 Å². The summed E-state index contributed by atoms with van der Waals surface area (Å²) in [6.45, 7) is 0.763. The predicted molar refractivity (Wildman–Crippen MR) is 141 cm³/mol. The van der Waals surface area contributed by atoms with Gasteiger partial charge < -0.3 is 14.8 Å². The Labute approximate surface area is 212 Å². The number of aromatic amines is 1. The molecule has 180 valence electrons. The molecule has 8 nitrogen and oxygen atoms in total. The van der Waals surface area contributed by atoms with Crippen LogP contribution in [0.5, 0.6) is 0 Å². The Kier molecular flexibility index (Phi) is 6.51. The SMILES string of the molecule is CN(c1ccc(Cn2ccccc2=O)cc1)c1cccc(C(=O)NCc2[nH]nc3ccc(Cl)cc23)n1. The van der Waals surface area contributed by atoms with Crippen LogP contribution >= 0.6 is 11.6 Å². The van der Waals surface area contributed by atoms with Crippen LogP contribution in [0.3, 0.4) is 0 Å². The molecule has 0 aliphatic rings. The van der Waals surface area contributed by atoms with Gasteiger partial charge in [-0.25, -0.2) is 4.98 Å². The Morgan fingerprint density at radius 2 is 1.89 bits per heavy atom. The number of hydrogen-bond donors (Lipinski definition) is 2. The lowest BCUT2D eigenvalue weighted by Crippen LogP contribution is -2.25. The van der Waals surface area contributed by atoms with Crippen molar-refractivity contribution in [3.63, 3.8) is 0 Å². The standard InChI is InChI=1S/C27H23ClN6O2/c1-33(20-11-8-18(9-12-20)17-34-14-3-2-7-26(34)35)25-6-4-5-23(30-25)27(36)29-16-24-21-15-19(28)10-13-22(21)31-32-24/h2-15H,16-17H2,1H3,(H,29,36)(H,31,32). The van der Waals surface area contributed by atoms with E-state index in [0.29, 0.717) is 23.1 Å². The highest BCUT2D eigenvalue weighted by atomic mass is 35.5. The Hall–Kier alpha value is -4.43. The molecule has 0 aliphatic carbocycles. The van der Waals surface area contributed by atoms with Crippen molar-refractivity contribution in [2.24, 2.45) is 0 Å². The van der Waals surface area contributed by atoms with E-state index in [0.717, 1.165) is 27.8 Å². The summed E-state index contributed by atoms with van der Waals surface area (Å²) < 4.78 is 1.66. The van der Waals surface area contributed by atoms with Crippen LogP contribution in [0.25, 0.3) is 10.9 Å².